The number of rotatable bonds is 10. The van der Waals surface area contributed by atoms with Crippen LogP contribution in [0, 0.1) is 5.92 Å². The Labute approximate surface area is 162 Å². The van der Waals surface area contributed by atoms with Gasteiger partial charge in [-0.3, -0.25) is 4.57 Å². The number of aliphatic hydroxyl groups is 1. The fourth-order valence-corrected chi connectivity index (χ4v) is 6.07. The fourth-order valence-electron chi connectivity index (χ4n) is 3.96. The summed E-state index contributed by atoms with van der Waals surface area (Å²) in [6.07, 6.45) is 4.98. The highest BCUT2D eigenvalue weighted by atomic mass is 31.2. The molecule has 154 valence electrons. The molecule has 1 aliphatic carbocycles. The Bertz CT molecular complexity index is 611. The van der Waals surface area contributed by atoms with Crippen molar-refractivity contribution in [1.29, 1.82) is 0 Å². The van der Waals surface area contributed by atoms with Crippen LogP contribution in [0.2, 0.25) is 0 Å². The van der Waals surface area contributed by atoms with Crippen molar-refractivity contribution in [3.05, 3.63) is 23.8 Å². The van der Waals surface area contributed by atoms with E-state index in [-0.39, 0.29) is 18.7 Å². The summed E-state index contributed by atoms with van der Waals surface area (Å²) < 4.78 is 23.4. The third kappa shape index (κ3) is 6.79. The zero-order chi connectivity index (χ0) is 19.9. The van der Waals surface area contributed by atoms with Gasteiger partial charge in [-0.2, -0.15) is 0 Å². The molecule has 3 atom stereocenters. The quantitative estimate of drug-likeness (QED) is 0.522. The van der Waals surface area contributed by atoms with E-state index >= 15 is 0 Å². The smallest absolute Gasteiger partial charge is 0.203 e. The largest absolute Gasteiger partial charge is 0.496 e. The fraction of sp³-hybridized carbons (Fsp3) is 0.700. The van der Waals surface area contributed by atoms with E-state index in [1.165, 1.54) is 6.42 Å². The number of nitrogens with one attached hydrogen (secondary N) is 1. The molecule has 0 spiro atoms. The summed E-state index contributed by atoms with van der Waals surface area (Å²) >= 11 is 0. The zero-order valence-corrected chi connectivity index (χ0v) is 17.6. The Morgan fingerprint density at radius 2 is 1.78 bits per heavy atom. The zero-order valence-electron chi connectivity index (χ0n) is 16.7. The lowest BCUT2D eigenvalue weighted by atomic mass is 9.91. The SMILES string of the molecule is COc1cccc(OC)c1C(C)NCC(O)CP(=O)(O)CC1CCCCC1. The van der Waals surface area contributed by atoms with Gasteiger partial charge in [0.05, 0.1) is 32.0 Å². The van der Waals surface area contributed by atoms with Crippen molar-refractivity contribution in [3.63, 3.8) is 0 Å². The molecule has 0 radical (unpaired) electrons. The molecule has 3 N–H and O–H groups in total. The van der Waals surface area contributed by atoms with Crippen LogP contribution in [-0.4, -0.2) is 49.2 Å². The van der Waals surface area contributed by atoms with Crippen molar-refractivity contribution in [2.24, 2.45) is 5.92 Å². The van der Waals surface area contributed by atoms with E-state index in [1.54, 1.807) is 14.2 Å². The molecule has 27 heavy (non-hydrogen) atoms. The molecule has 0 bridgehead atoms. The van der Waals surface area contributed by atoms with Gasteiger partial charge in [0.15, 0.2) is 0 Å². The van der Waals surface area contributed by atoms with E-state index < -0.39 is 13.5 Å². The molecule has 7 heteroatoms. The van der Waals surface area contributed by atoms with Crippen LogP contribution >= 0.6 is 7.37 Å². The van der Waals surface area contributed by atoms with E-state index in [1.807, 2.05) is 25.1 Å². The summed E-state index contributed by atoms with van der Waals surface area (Å²) in [4.78, 5) is 10.3. The molecule has 0 heterocycles. The average Bonchev–Trinajstić information content (AvgIpc) is 2.65. The first-order valence-corrected chi connectivity index (χ1v) is 11.8. The van der Waals surface area contributed by atoms with Gasteiger partial charge in [-0.05, 0) is 37.8 Å². The van der Waals surface area contributed by atoms with Gasteiger partial charge in [0.25, 0.3) is 0 Å². The first-order chi connectivity index (χ1) is 12.9. The molecule has 1 fully saturated rings. The van der Waals surface area contributed by atoms with Crippen LogP contribution in [0.4, 0.5) is 0 Å². The highest BCUT2D eigenvalue weighted by molar-refractivity contribution is 7.58. The maximum Gasteiger partial charge on any atom is 0.203 e. The average molecular weight is 399 g/mol. The molecule has 1 saturated carbocycles. The summed E-state index contributed by atoms with van der Waals surface area (Å²) in [5.74, 6) is 1.73. The summed E-state index contributed by atoms with van der Waals surface area (Å²) in [5, 5.41) is 13.5. The molecule has 0 amide bonds. The molecular weight excluding hydrogens is 365 g/mol. The third-order valence-electron chi connectivity index (χ3n) is 5.32. The first-order valence-electron chi connectivity index (χ1n) is 9.79. The van der Waals surface area contributed by atoms with Gasteiger partial charge in [-0.15, -0.1) is 0 Å². The van der Waals surface area contributed by atoms with Crippen LogP contribution in [-0.2, 0) is 4.57 Å². The van der Waals surface area contributed by atoms with Crippen LogP contribution in [0.15, 0.2) is 18.2 Å². The molecule has 0 saturated heterocycles. The Morgan fingerprint density at radius 1 is 1.19 bits per heavy atom. The Hall–Kier alpha value is -1.07. The molecule has 1 aliphatic rings. The van der Waals surface area contributed by atoms with Gasteiger partial charge in [0, 0.05) is 18.7 Å². The summed E-state index contributed by atoms with van der Waals surface area (Å²) in [7, 11) is -0.110. The van der Waals surface area contributed by atoms with Gasteiger partial charge >= 0.3 is 0 Å². The van der Waals surface area contributed by atoms with Gasteiger partial charge in [0.1, 0.15) is 11.5 Å². The number of hydrogen-bond acceptors (Lipinski definition) is 5. The van der Waals surface area contributed by atoms with Gasteiger partial charge in [-0.25, -0.2) is 0 Å². The van der Waals surface area contributed by atoms with Gasteiger partial charge in [0.2, 0.25) is 7.37 Å². The van der Waals surface area contributed by atoms with Crippen molar-refractivity contribution in [2.45, 2.75) is 51.2 Å². The number of aliphatic hydroxyl groups excluding tert-OH is 1. The van der Waals surface area contributed by atoms with E-state index in [9.17, 15) is 14.6 Å². The highest BCUT2D eigenvalue weighted by Gasteiger charge is 2.28. The molecule has 1 aromatic rings. The van der Waals surface area contributed by atoms with Crippen molar-refractivity contribution in [3.8, 4) is 11.5 Å². The lowest BCUT2D eigenvalue weighted by Gasteiger charge is -2.26. The van der Waals surface area contributed by atoms with Crippen molar-refractivity contribution in [1.82, 2.24) is 5.32 Å². The Kier molecular flexibility index (Phi) is 8.62. The molecular formula is C20H34NO5P. The van der Waals surface area contributed by atoms with E-state index in [2.05, 4.69) is 5.32 Å². The number of methoxy groups -OCH3 is 2. The number of hydrogen-bond donors (Lipinski definition) is 3. The van der Waals surface area contributed by atoms with Crippen molar-refractivity contribution >= 4 is 7.37 Å². The van der Waals surface area contributed by atoms with Crippen LogP contribution in [0.5, 0.6) is 11.5 Å². The second-order valence-corrected chi connectivity index (χ2v) is 10.00. The predicted octanol–water partition coefficient (Wildman–Crippen LogP) is 3.57. The summed E-state index contributed by atoms with van der Waals surface area (Å²) in [5.41, 5.74) is 0.865. The lowest BCUT2D eigenvalue weighted by molar-refractivity contribution is 0.185. The minimum Gasteiger partial charge on any atom is -0.496 e. The Balaban J connectivity index is 1.89. The molecule has 1 aromatic carbocycles. The standard InChI is InChI=1S/C20H34NO5P/c1-15(20-18(25-2)10-7-11-19(20)26-3)21-12-17(22)14-27(23,24)13-16-8-5-4-6-9-16/h7,10-11,15-17,21-22H,4-6,8-9,12-14H2,1-3H3,(H,23,24). The van der Waals surface area contributed by atoms with E-state index in [0.717, 1.165) is 31.2 Å². The summed E-state index contributed by atoms with van der Waals surface area (Å²) in [6, 6.07) is 5.44. The van der Waals surface area contributed by atoms with Crippen molar-refractivity contribution in [2.75, 3.05) is 33.1 Å². The maximum atomic E-state index is 12.5. The Morgan fingerprint density at radius 3 is 2.33 bits per heavy atom. The molecule has 3 unspecified atom stereocenters. The first kappa shape index (κ1) is 22.2. The second kappa shape index (κ2) is 10.5. The predicted molar refractivity (Wildman–Crippen MR) is 108 cm³/mol. The minimum absolute atomic E-state index is 0.0632. The normalized spacial score (nSPS) is 19.9. The number of benzene rings is 1. The molecule has 0 aromatic heterocycles. The topological polar surface area (TPSA) is 88.0 Å². The van der Waals surface area contributed by atoms with Gasteiger partial charge < -0.3 is 24.8 Å². The van der Waals surface area contributed by atoms with Crippen LogP contribution in [0.3, 0.4) is 0 Å². The maximum absolute atomic E-state index is 12.5. The minimum atomic E-state index is -3.32. The monoisotopic (exact) mass is 399 g/mol. The number of ether oxygens (including phenoxy) is 2. The third-order valence-corrected chi connectivity index (χ3v) is 7.40. The lowest BCUT2D eigenvalue weighted by Crippen LogP contribution is -2.32. The van der Waals surface area contributed by atoms with Crippen LogP contribution < -0.4 is 14.8 Å². The van der Waals surface area contributed by atoms with E-state index in [0.29, 0.717) is 23.6 Å². The van der Waals surface area contributed by atoms with Crippen LogP contribution in [0.1, 0.15) is 50.6 Å². The molecule has 0 aliphatic heterocycles. The van der Waals surface area contributed by atoms with E-state index in [4.69, 9.17) is 9.47 Å². The van der Waals surface area contributed by atoms with Crippen LogP contribution in [0.25, 0.3) is 0 Å². The highest BCUT2D eigenvalue weighted by Crippen LogP contribution is 2.46. The van der Waals surface area contributed by atoms with Gasteiger partial charge in [-0.1, -0.05) is 25.3 Å². The molecule has 2 rings (SSSR count). The summed E-state index contributed by atoms with van der Waals surface area (Å²) in [6.45, 7) is 2.19. The van der Waals surface area contributed by atoms with Crippen molar-refractivity contribution < 1.29 is 24.0 Å². The second-order valence-electron chi connectivity index (χ2n) is 7.58. The molecule has 6 nitrogen and oxygen atoms in total.